The third-order valence-electron chi connectivity index (χ3n) is 1.92. The summed E-state index contributed by atoms with van der Waals surface area (Å²) in [4.78, 5) is 0. The second-order valence-electron chi connectivity index (χ2n) is 3.50. The summed E-state index contributed by atoms with van der Waals surface area (Å²) in [7, 11) is 0. The van der Waals surface area contributed by atoms with Crippen molar-refractivity contribution < 1.29 is 9.52 Å². The van der Waals surface area contributed by atoms with Crippen LogP contribution in [-0.4, -0.2) is 10.7 Å². The van der Waals surface area contributed by atoms with Gasteiger partial charge >= 0.3 is 0 Å². The topological polar surface area (TPSA) is 33.4 Å². The molecule has 0 spiro atoms. The van der Waals surface area contributed by atoms with Crippen molar-refractivity contribution in [2.75, 3.05) is 0 Å². The van der Waals surface area contributed by atoms with Crippen LogP contribution in [0.25, 0.3) is 0 Å². The summed E-state index contributed by atoms with van der Waals surface area (Å²) in [6, 6.07) is 3.74. The summed E-state index contributed by atoms with van der Waals surface area (Å²) in [6.07, 6.45) is 4.05. The minimum atomic E-state index is -0.618. The van der Waals surface area contributed by atoms with E-state index in [1.165, 1.54) is 0 Å². The number of aliphatic hydroxyl groups is 1. The summed E-state index contributed by atoms with van der Waals surface area (Å²) in [5, 5.41) is 9.83. The monoisotopic (exact) mass is 168 g/mol. The SMILES string of the molecule is CCCC(C)(O)Cc1ccco1. The first-order chi connectivity index (χ1) is 5.64. The Morgan fingerprint density at radius 3 is 2.83 bits per heavy atom. The van der Waals surface area contributed by atoms with Gasteiger partial charge in [-0.3, -0.25) is 0 Å². The molecule has 0 aliphatic carbocycles. The Balaban J connectivity index is 2.50. The number of hydrogen-bond donors (Lipinski definition) is 1. The van der Waals surface area contributed by atoms with E-state index in [1.54, 1.807) is 6.26 Å². The van der Waals surface area contributed by atoms with Crippen LogP contribution in [0, 0.1) is 0 Å². The van der Waals surface area contributed by atoms with Crippen LogP contribution in [0.3, 0.4) is 0 Å². The fourth-order valence-electron chi connectivity index (χ4n) is 1.42. The third-order valence-corrected chi connectivity index (χ3v) is 1.92. The molecular formula is C10H16O2. The molecule has 1 unspecified atom stereocenters. The fraction of sp³-hybridized carbons (Fsp3) is 0.600. The molecule has 0 aromatic carbocycles. The summed E-state index contributed by atoms with van der Waals surface area (Å²) in [5.74, 6) is 0.855. The van der Waals surface area contributed by atoms with Crippen molar-refractivity contribution in [2.24, 2.45) is 0 Å². The van der Waals surface area contributed by atoms with Crippen molar-refractivity contribution in [1.29, 1.82) is 0 Å². The zero-order valence-electron chi connectivity index (χ0n) is 7.71. The molecule has 1 aromatic rings. The van der Waals surface area contributed by atoms with E-state index in [1.807, 2.05) is 19.1 Å². The van der Waals surface area contributed by atoms with E-state index in [0.29, 0.717) is 6.42 Å². The van der Waals surface area contributed by atoms with Gasteiger partial charge < -0.3 is 9.52 Å². The van der Waals surface area contributed by atoms with Crippen molar-refractivity contribution in [2.45, 2.75) is 38.7 Å². The van der Waals surface area contributed by atoms with Crippen LogP contribution in [0.1, 0.15) is 32.4 Å². The van der Waals surface area contributed by atoms with E-state index < -0.39 is 5.60 Å². The van der Waals surface area contributed by atoms with Crippen LogP contribution in [0.2, 0.25) is 0 Å². The Kier molecular flexibility index (Phi) is 2.93. The second kappa shape index (κ2) is 3.76. The highest BCUT2D eigenvalue weighted by Gasteiger charge is 2.20. The second-order valence-corrected chi connectivity index (χ2v) is 3.50. The molecule has 0 bridgehead atoms. The summed E-state index contributed by atoms with van der Waals surface area (Å²) >= 11 is 0. The molecule has 0 aliphatic heterocycles. The molecule has 0 amide bonds. The number of furan rings is 1. The van der Waals surface area contributed by atoms with Gasteiger partial charge in [0.25, 0.3) is 0 Å². The quantitative estimate of drug-likeness (QED) is 0.748. The predicted octanol–water partition coefficient (Wildman–Crippen LogP) is 2.37. The first kappa shape index (κ1) is 9.33. The van der Waals surface area contributed by atoms with Gasteiger partial charge in [0, 0.05) is 6.42 Å². The van der Waals surface area contributed by atoms with E-state index in [-0.39, 0.29) is 0 Å². The van der Waals surface area contributed by atoms with Gasteiger partial charge in [0.15, 0.2) is 0 Å². The van der Waals surface area contributed by atoms with Gasteiger partial charge in [0.2, 0.25) is 0 Å². The summed E-state index contributed by atoms with van der Waals surface area (Å²) < 4.78 is 5.16. The molecule has 2 nitrogen and oxygen atoms in total. The maximum absolute atomic E-state index is 9.83. The lowest BCUT2D eigenvalue weighted by molar-refractivity contribution is 0.0455. The number of hydrogen-bond acceptors (Lipinski definition) is 2. The standard InChI is InChI=1S/C10H16O2/c1-3-6-10(2,11)8-9-5-4-7-12-9/h4-5,7,11H,3,6,8H2,1-2H3. The average Bonchev–Trinajstić information content (AvgIpc) is 2.38. The molecule has 0 aliphatic rings. The van der Waals surface area contributed by atoms with Gasteiger partial charge in [-0.2, -0.15) is 0 Å². The summed E-state index contributed by atoms with van der Waals surface area (Å²) in [6.45, 7) is 3.91. The van der Waals surface area contributed by atoms with Gasteiger partial charge in [0.05, 0.1) is 11.9 Å². The Labute approximate surface area is 73.2 Å². The highest BCUT2D eigenvalue weighted by molar-refractivity contribution is 5.01. The maximum Gasteiger partial charge on any atom is 0.106 e. The van der Waals surface area contributed by atoms with E-state index in [2.05, 4.69) is 6.92 Å². The van der Waals surface area contributed by atoms with E-state index in [4.69, 9.17) is 4.42 Å². The lowest BCUT2D eigenvalue weighted by atomic mass is 9.95. The Bertz CT molecular complexity index is 212. The number of rotatable bonds is 4. The first-order valence-corrected chi connectivity index (χ1v) is 4.39. The molecule has 12 heavy (non-hydrogen) atoms. The van der Waals surface area contributed by atoms with E-state index >= 15 is 0 Å². The van der Waals surface area contributed by atoms with Crippen molar-refractivity contribution in [1.82, 2.24) is 0 Å². The lowest BCUT2D eigenvalue weighted by Gasteiger charge is -2.20. The van der Waals surface area contributed by atoms with Crippen LogP contribution in [0.4, 0.5) is 0 Å². The van der Waals surface area contributed by atoms with Gasteiger partial charge in [-0.05, 0) is 25.5 Å². The zero-order chi connectivity index (χ0) is 9.03. The Hall–Kier alpha value is -0.760. The molecule has 0 saturated heterocycles. The van der Waals surface area contributed by atoms with Gasteiger partial charge in [0.1, 0.15) is 5.76 Å². The minimum absolute atomic E-state index is 0.605. The molecule has 1 N–H and O–H groups in total. The minimum Gasteiger partial charge on any atom is -0.469 e. The first-order valence-electron chi connectivity index (χ1n) is 4.39. The van der Waals surface area contributed by atoms with Gasteiger partial charge in [-0.1, -0.05) is 13.3 Å². The molecule has 1 aromatic heterocycles. The highest BCUT2D eigenvalue weighted by Crippen LogP contribution is 2.18. The average molecular weight is 168 g/mol. The molecular weight excluding hydrogens is 152 g/mol. The molecule has 1 heterocycles. The van der Waals surface area contributed by atoms with E-state index in [0.717, 1.165) is 18.6 Å². The van der Waals surface area contributed by atoms with Crippen molar-refractivity contribution in [3.8, 4) is 0 Å². The van der Waals surface area contributed by atoms with Gasteiger partial charge in [-0.25, -0.2) is 0 Å². The molecule has 2 heteroatoms. The van der Waals surface area contributed by atoms with Crippen LogP contribution in [0.15, 0.2) is 22.8 Å². The van der Waals surface area contributed by atoms with Crippen LogP contribution >= 0.6 is 0 Å². The largest absolute Gasteiger partial charge is 0.469 e. The summed E-state index contributed by atoms with van der Waals surface area (Å²) in [5.41, 5.74) is -0.618. The maximum atomic E-state index is 9.83. The predicted molar refractivity (Wildman–Crippen MR) is 47.9 cm³/mol. The molecule has 1 atom stereocenters. The molecule has 0 saturated carbocycles. The van der Waals surface area contributed by atoms with Gasteiger partial charge in [-0.15, -0.1) is 0 Å². The van der Waals surface area contributed by atoms with Crippen LogP contribution in [-0.2, 0) is 6.42 Å². The highest BCUT2D eigenvalue weighted by atomic mass is 16.3. The Morgan fingerprint density at radius 1 is 1.58 bits per heavy atom. The molecule has 0 radical (unpaired) electrons. The molecule has 68 valence electrons. The van der Waals surface area contributed by atoms with Crippen LogP contribution in [0.5, 0.6) is 0 Å². The normalized spacial score (nSPS) is 15.9. The van der Waals surface area contributed by atoms with Crippen LogP contribution < -0.4 is 0 Å². The fourth-order valence-corrected chi connectivity index (χ4v) is 1.42. The lowest BCUT2D eigenvalue weighted by Crippen LogP contribution is -2.26. The van der Waals surface area contributed by atoms with Crippen molar-refractivity contribution in [3.05, 3.63) is 24.2 Å². The van der Waals surface area contributed by atoms with E-state index in [9.17, 15) is 5.11 Å². The molecule has 0 fully saturated rings. The van der Waals surface area contributed by atoms with Crippen molar-refractivity contribution in [3.63, 3.8) is 0 Å². The third kappa shape index (κ3) is 2.70. The zero-order valence-corrected chi connectivity index (χ0v) is 7.71. The van der Waals surface area contributed by atoms with Crippen molar-refractivity contribution >= 4 is 0 Å². The Morgan fingerprint density at radius 2 is 2.33 bits per heavy atom. The smallest absolute Gasteiger partial charge is 0.106 e. The molecule has 1 rings (SSSR count).